The van der Waals surface area contributed by atoms with Gasteiger partial charge in [0.15, 0.2) is 0 Å². The molecule has 0 aromatic heterocycles. The molecule has 0 aliphatic rings. The molecule has 152 valence electrons. The van der Waals surface area contributed by atoms with Crippen LogP contribution in [0.1, 0.15) is 33.2 Å². The highest BCUT2D eigenvalue weighted by atomic mass is 16.5. The number of rotatable bonds is 7. The first-order chi connectivity index (χ1) is 14.4. The maximum absolute atomic E-state index is 12.7. The van der Waals surface area contributed by atoms with E-state index in [0.29, 0.717) is 34.9 Å². The van der Waals surface area contributed by atoms with Gasteiger partial charge in [-0.1, -0.05) is 36.9 Å². The highest BCUT2D eigenvalue weighted by Gasteiger charge is 2.13. The summed E-state index contributed by atoms with van der Waals surface area (Å²) in [6.07, 6.45) is 0. The van der Waals surface area contributed by atoms with E-state index in [1.807, 2.05) is 38.1 Å². The van der Waals surface area contributed by atoms with Crippen LogP contribution in [0.25, 0.3) is 0 Å². The Balaban J connectivity index is 1.66. The molecule has 0 atom stereocenters. The molecule has 0 heterocycles. The van der Waals surface area contributed by atoms with Gasteiger partial charge in [-0.05, 0) is 67.4 Å². The lowest BCUT2D eigenvalue weighted by molar-refractivity contribution is 0.101. The number of para-hydroxylation sites is 1. The molecule has 5 nitrogen and oxygen atoms in total. The standard InChI is InChI=1S/C25H24N2O3/c1-17(2)16-30-23-11-7-6-10-22(23)25(29)27-20-14-12-19(13-15-20)26-24(28)21-9-5-4-8-18(21)3/h4-15H,1,16H2,2-3H3,(H,26,28)(H,27,29). The average molecular weight is 400 g/mol. The molecule has 0 aliphatic heterocycles. The Morgan fingerprint density at radius 3 is 1.87 bits per heavy atom. The SMILES string of the molecule is C=C(C)COc1ccccc1C(=O)Nc1ccc(NC(=O)c2ccccc2C)cc1. The van der Waals surface area contributed by atoms with Crippen LogP contribution in [-0.4, -0.2) is 18.4 Å². The van der Waals surface area contributed by atoms with Crippen LogP contribution in [0.4, 0.5) is 11.4 Å². The molecule has 2 N–H and O–H groups in total. The van der Waals surface area contributed by atoms with Crippen molar-refractivity contribution in [3.8, 4) is 5.75 Å². The Kier molecular flexibility index (Phi) is 6.65. The lowest BCUT2D eigenvalue weighted by atomic mass is 10.1. The van der Waals surface area contributed by atoms with E-state index >= 15 is 0 Å². The van der Waals surface area contributed by atoms with Gasteiger partial charge in [0.25, 0.3) is 11.8 Å². The second-order valence-corrected chi connectivity index (χ2v) is 7.04. The zero-order chi connectivity index (χ0) is 21.5. The fourth-order valence-corrected chi connectivity index (χ4v) is 2.84. The number of amides is 2. The van der Waals surface area contributed by atoms with E-state index in [1.54, 1.807) is 48.5 Å². The van der Waals surface area contributed by atoms with Gasteiger partial charge in [0, 0.05) is 16.9 Å². The first-order valence-corrected chi connectivity index (χ1v) is 9.58. The maximum atomic E-state index is 12.7. The Bertz CT molecular complexity index is 1070. The third-order valence-electron chi connectivity index (χ3n) is 4.40. The zero-order valence-corrected chi connectivity index (χ0v) is 17.1. The fourth-order valence-electron chi connectivity index (χ4n) is 2.84. The Labute approximate surface area is 176 Å². The summed E-state index contributed by atoms with van der Waals surface area (Å²) in [5.41, 5.74) is 4.10. The number of carbonyl (C=O) groups is 2. The van der Waals surface area contributed by atoms with Crippen molar-refractivity contribution in [3.05, 3.63) is 102 Å². The van der Waals surface area contributed by atoms with E-state index in [9.17, 15) is 9.59 Å². The van der Waals surface area contributed by atoms with Gasteiger partial charge < -0.3 is 15.4 Å². The molecule has 0 radical (unpaired) electrons. The molecule has 3 rings (SSSR count). The van der Waals surface area contributed by atoms with Gasteiger partial charge in [-0.25, -0.2) is 0 Å². The monoisotopic (exact) mass is 400 g/mol. The number of anilines is 2. The molecule has 30 heavy (non-hydrogen) atoms. The number of ether oxygens (including phenoxy) is 1. The van der Waals surface area contributed by atoms with E-state index < -0.39 is 0 Å². The second-order valence-electron chi connectivity index (χ2n) is 7.04. The Hall–Kier alpha value is -3.86. The molecule has 3 aromatic carbocycles. The summed E-state index contributed by atoms with van der Waals surface area (Å²) < 4.78 is 5.66. The van der Waals surface area contributed by atoms with Crippen LogP contribution in [-0.2, 0) is 0 Å². The fraction of sp³-hybridized carbons (Fsp3) is 0.120. The molecule has 2 amide bonds. The normalized spacial score (nSPS) is 10.2. The molecule has 0 spiro atoms. The molecule has 0 aliphatic carbocycles. The first-order valence-electron chi connectivity index (χ1n) is 9.58. The topological polar surface area (TPSA) is 67.4 Å². The number of aryl methyl sites for hydroxylation is 1. The van der Waals surface area contributed by atoms with E-state index in [2.05, 4.69) is 17.2 Å². The van der Waals surface area contributed by atoms with Gasteiger partial charge in [0.2, 0.25) is 0 Å². The van der Waals surface area contributed by atoms with Crippen molar-refractivity contribution in [2.24, 2.45) is 0 Å². The number of benzene rings is 3. The number of nitrogens with one attached hydrogen (secondary N) is 2. The maximum Gasteiger partial charge on any atom is 0.259 e. The largest absolute Gasteiger partial charge is 0.488 e. The van der Waals surface area contributed by atoms with Crippen molar-refractivity contribution in [1.29, 1.82) is 0 Å². The van der Waals surface area contributed by atoms with E-state index in [-0.39, 0.29) is 11.8 Å². The highest BCUT2D eigenvalue weighted by Crippen LogP contribution is 2.21. The van der Waals surface area contributed by atoms with Crippen LogP contribution in [0.15, 0.2) is 84.9 Å². The minimum atomic E-state index is -0.274. The number of carbonyl (C=O) groups excluding carboxylic acids is 2. The molecule has 5 heteroatoms. The van der Waals surface area contributed by atoms with Crippen molar-refractivity contribution >= 4 is 23.2 Å². The predicted octanol–water partition coefficient (Wildman–Crippen LogP) is 5.45. The van der Waals surface area contributed by atoms with Gasteiger partial charge >= 0.3 is 0 Å². The third kappa shape index (κ3) is 5.35. The molecule has 0 bridgehead atoms. The van der Waals surface area contributed by atoms with Gasteiger partial charge in [0.05, 0.1) is 5.56 Å². The van der Waals surface area contributed by atoms with Crippen molar-refractivity contribution < 1.29 is 14.3 Å². The summed E-state index contributed by atoms with van der Waals surface area (Å²) in [5, 5.41) is 5.72. The minimum Gasteiger partial charge on any atom is -0.488 e. The highest BCUT2D eigenvalue weighted by molar-refractivity contribution is 6.07. The quantitative estimate of drug-likeness (QED) is 0.518. The molecule has 0 saturated heterocycles. The Morgan fingerprint density at radius 2 is 1.30 bits per heavy atom. The van der Waals surface area contributed by atoms with Crippen LogP contribution < -0.4 is 15.4 Å². The van der Waals surface area contributed by atoms with Gasteiger partial charge in [-0.2, -0.15) is 0 Å². The van der Waals surface area contributed by atoms with Gasteiger partial charge in [0.1, 0.15) is 12.4 Å². The Morgan fingerprint density at radius 1 is 0.800 bits per heavy atom. The molecular formula is C25H24N2O3. The van der Waals surface area contributed by atoms with E-state index in [0.717, 1.165) is 11.1 Å². The van der Waals surface area contributed by atoms with Crippen LogP contribution in [0.5, 0.6) is 5.75 Å². The molecular weight excluding hydrogens is 376 g/mol. The molecule has 0 fully saturated rings. The van der Waals surface area contributed by atoms with Crippen LogP contribution >= 0.6 is 0 Å². The average Bonchev–Trinajstić information content (AvgIpc) is 2.74. The summed E-state index contributed by atoms with van der Waals surface area (Å²) in [7, 11) is 0. The van der Waals surface area contributed by atoms with Crippen LogP contribution in [0.2, 0.25) is 0 Å². The summed E-state index contributed by atoms with van der Waals surface area (Å²) >= 11 is 0. The smallest absolute Gasteiger partial charge is 0.259 e. The predicted molar refractivity (Wildman–Crippen MR) is 120 cm³/mol. The first kappa shape index (κ1) is 20.9. The summed E-state index contributed by atoms with van der Waals surface area (Å²) in [5.74, 6) is 0.0533. The van der Waals surface area contributed by atoms with Crippen molar-refractivity contribution in [2.75, 3.05) is 17.2 Å². The summed E-state index contributed by atoms with van der Waals surface area (Å²) in [4.78, 5) is 25.1. The molecule has 0 saturated carbocycles. The third-order valence-corrected chi connectivity index (χ3v) is 4.40. The van der Waals surface area contributed by atoms with Crippen molar-refractivity contribution in [1.82, 2.24) is 0 Å². The lowest BCUT2D eigenvalue weighted by Crippen LogP contribution is -2.15. The van der Waals surface area contributed by atoms with Crippen LogP contribution in [0, 0.1) is 6.92 Å². The van der Waals surface area contributed by atoms with Crippen molar-refractivity contribution in [3.63, 3.8) is 0 Å². The van der Waals surface area contributed by atoms with Gasteiger partial charge in [-0.15, -0.1) is 0 Å². The zero-order valence-electron chi connectivity index (χ0n) is 17.1. The second kappa shape index (κ2) is 9.56. The number of hydrogen-bond acceptors (Lipinski definition) is 3. The minimum absolute atomic E-state index is 0.173. The number of hydrogen-bond donors (Lipinski definition) is 2. The molecule has 0 unspecified atom stereocenters. The van der Waals surface area contributed by atoms with E-state index in [4.69, 9.17) is 4.74 Å². The van der Waals surface area contributed by atoms with Crippen LogP contribution in [0.3, 0.4) is 0 Å². The summed E-state index contributed by atoms with van der Waals surface area (Å²) in [6.45, 7) is 7.91. The molecule has 3 aromatic rings. The van der Waals surface area contributed by atoms with Crippen molar-refractivity contribution in [2.45, 2.75) is 13.8 Å². The lowest BCUT2D eigenvalue weighted by Gasteiger charge is -2.12. The van der Waals surface area contributed by atoms with E-state index in [1.165, 1.54) is 0 Å². The van der Waals surface area contributed by atoms with Gasteiger partial charge in [-0.3, -0.25) is 9.59 Å². The summed E-state index contributed by atoms with van der Waals surface area (Å²) in [6, 6.07) is 21.4.